The summed E-state index contributed by atoms with van der Waals surface area (Å²) >= 11 is 6.08. The molecular formula is C14H17ClN4. The predicted octanol–water partition coefficient (Wildman–Crippen LogP) is 3.23. The van der Waals surface area contributed by atoms with Gasteiger partial charge in [-0.3, -0.25) is 0 Å². The lowest BCUT2D eigenvalue weighted by Crippen LogP contribution is -2.26. The van der Waals surface area contributed by atoms with E-state index in [1.807, 2.05) is 22.9 Å². The van der Waals surface area contributed by atoms with Crippen molar-refractivity contribution in [2.45, 2.75) is 26.3 Å². The fraction of sp³-hybridized carbons (Fsp3) is 0.429. The molecule has 0 atom stereocenters. The fourth-order valence-corrected chi connectivity index (χ4v) is 2.97. The van der Waals surface area contributed by atoms with E-state index in [9.17, 15) is 0 Å². The van der Waals surface area contributed by atoms with Crippen LogP contribution < -0.4 is 5.73 Å². The molecule has 1 saturated carbocycles. The summed E-state index contributed by atoms with van der Waals surface area (Å²) in [4.78, 5) is 4.07. The highest BCUT2D eigenvalue weighted by Gasteiger charge is 2.26. The van der Waals surface area contributed by atoms with Crippen LogP contribution in [0.1, 0.15) is 19.8 Å². The number of anilines is 1. The third kappa shape index (κ3) is 2.45. The van der Waals surface area contributed by atoms with E-state index in [1.54, 1.807) is 6.20 Å². The van der Waals surface area contributed by atoms with E-state index < -0.39 is 0 Å². The van der Waals surface area contributed by atoms with Crippen molar-refractivity contribution in [3.8, 4) is 11.3 Å². The Morgan fingerprint density at radius 1 is 1.47 bits per heavy atom. The maximum Gasteiger partial charge on any atom is 0.138 e. The molecular weight excluding hydrogens is 260 g/mol. The van der Waals surface area contributed by atoms with E-state index in [-0.39, 0.29) is 0 Å². The van der Waals surface area contributed by atoms with Crippen LogP contribution >= 0.6 is 11.6 Å². The third-order valence-electron chi connectivity index (χ3n) is 3.75. The minimum absolute atomic E-state index is 0.462. The third-order valence-corrected chi connectivity index (χ3v) is 4.05. The van der Waals surface area contributed by atoms with Gasteiger partial charge in [0.1, 0.15) is 11.0 Å². The van der Waals surface area contributed by atoms with Crippen LogP contribution in [0.3, 0.4) is 0 Å². The molecule has 2 aromatic heterocycles. The molecule has 0 radical (unpaired) electrons. The molecule has 1 aliphatic carbocycles. The molecule has 0 amide bonds. The Balaban J connectivity index is 1.83. The molecule has 5 heteroatoms. The van der Waals surface area contributed by atoms with E-state index in [0.717, 1.165) is 23.7 Å². The van der Waals surface area contributed by atoms with Crippen molar-refractivity contribution < 1.29 is 0 Å². The highest BCUT2D eigenvalue weighted by atomic mass is 35.5. The summed E-state index contributed by atoms with van der Waals surface area (Å²) in [6, 6.07) is 5.63. The zero-order valence-electron chi connectivity index (χ0n) is 10.9. The van der Waals surface area contributed by atoms with Crippen LogP contribution in [-0.2, 0) is 6.54 Å². The quantitative estimate of drug-likeness (QED) is 0.876. The van der Waals surface area contributed by atoms with Crippen molar-refractivity contribution in [1.29, 1.82) is 0 Å². The van der Waals surface area contributed by atoms with Crippen LogP contribution in [0.2, 0.25) is 5.15 Å². The van der Waals surface area contributed by atoms with Gasteiger partial charge in [-0.25, -0.2) is 9.67 Å². The lowest BCUT2D eigenvalue weighted by Gasteiger charge is -2.32. The number of rotatable bonds is 3. The molecule has 0 bridgehead atoms. The Kier molecular flexibility index (Phi) is 3.19. The van der Waals surface area contributed by atoms with Crippen LogP contribution in [0.4, 0.5) is 5.82 Å². The number of aromatic nitrogens is 3. The first kappa shape index (κ1) is 12.5. The van der Waals surface area contributed by atoms with Crippen LogP contribution in [0.5, 0.6) is 0 Å². The standard InChI is InChI=1S/C14H17ClN4/c1-9-5-10(6-9)8-19-13(16)7-12(18-19)11-3-2-4-17-14(11)15/h2-4,7,9-10H,5-6,8,16H2,1H3. The summed E-state index contributed by atoms with van der Waals surface area (Å²) in [6.45, 7) is 3.18. The second-order valence-corrected chi connectivity index (χ2v) is 5.78. The SMILES string of the molecule is CC1CC(Cn2nc(-c3cccnc3Cl)cc2N)C1. The van der Waals surface area contributed by atoms with Gasteiger partial charge in [-0.05, 0) is 36.8 Å². The zero-order chi connectivity index (χ0) is 13.4. The maximum absolute atomic E-state index is 6.08. The molecule has 1 fully saturated rings. The Morgan fingerprint density at radius 3 is 2.95 bits per heavy atom. The number of nitrogens with two attached hydrogens (primary N) is 1. The van der Waals surface area contributed by atoms with Gasteiger partial charge in [0.2, 0.25) is 0 Å². The van der Waals surface area contributed by atoms with Gasteiger partial charge in [0.15, 0.2) is 0 Å². The van der Waals surface area contributed by atoms with E-state index >= 15 is 0 Å². The smallest absolute Gasteiger partial charge is 0.138 e. The number of hydrogen-bond donors (Lipinski definition) is 1. The molecule has 0 unspecified atom stereocenters. The van der Waals surface area contributed by atoms with Crippen molar-refractivity contribution in [3.05, 3.63) is 29.5 Å². The van der Waals surface area contributed by atoms with Crippen molar-refractivity contribution >= 4 is 17.4 Å². The Bertz CT molecular complexity index is 587. The van der Waals surface area contributed by atoms with Gasteiger partial charge >= 0.3 is 0 Å². The highest BCUT2D eigenvalue weighted by Crippen LogP contribution is 2.35. The van der Waals surface area contributed by atoms with Crippen molar-refractivity contribution in [3.63, 3.8) is 0 Å². The molecule has 4 nitrogen and oxygen atoms in total. The zero-order valence-corrected chi connectivity index (χ0v) is 11.6. The highest BCUT2D eigenvalue weighted by molar-refractivity contribution is 6.32. The summed E-state index contributed by atoms with van der Waals surface area (Å²) in [5.74, 6) is 2.23. The van der Waals surface area contributed by atoms with E-state index in [4.69, 9.17) is 17.3 Å². The molecule has 0 aromatic carbocycles. The lowest BCUT2D eigenvalue weighted by molar-refractivity contribution is 0.183. The second-order valence-electron chi connectivity index (χ2n) is 5.42. The molecule has 0 spiro atoms. The monoisotopic (exact) mass is 276 g/mol. The average Bonchev–Trinajstić information content (AvgIpc) is 2.69. The Labute approximate surface area is 117 Å². The average molecular weight is 277 g/mol. The van der Waals surface area contributed by atoms with Crippen LogP contribution in [-0.4, -0.2) is 14.8 Å². The first-order chi connectivity index (χ1) is 9.13. The summed E-state index contributed by atoms with van der Waals surface area (Å²) in [5, 5.41) is 5.02. The van der Waals surface area contributed by atoms with E-state index in [0.29, 0.717) is 16.9 Å². The van der Waals surface area contributed by atoms with Crippen molar-refractivity contribution in [2.75, 3.05) is 5.73 Å². The first-order valence-corrected chi connectivity index (χ1v) is 6.95. The fourth-order valence-electron chi connectivity index (χ4n) is 2.75. The summed E-state index contributed by atoms with van der Waals surface area (Å²) < 4.78 is 1.88. The molecule has 100 valence electrons. The molecule has 0 aliphatic heterocycles. The molecule has 19 heavy (non-hydrogen) atoms. The number of nitrogens with zero attached hydrogens (tertiary/aromatic N) is 3. The molecule has 2 N–H and O–H groups in total. The molecule has 1 aliphatic rings. The number of pyridine rings is 1. The molecule has 0 saturated heterocycles. The van der Waals surface area contributed by atoms with Crippen LogP contribution in [0.25, 0.3) is 11.3 Å². The summed E-state index contributed by atoms with van der Waals surface area (Å²) in [6.07, 6.45) is 4.20. The largest absolute Gasteiger partial charge is 0.384 e. The second kappa shape index (κ2) is 4.85. The minimum Gasteiger partial charge on any atom is -0.384 e. The topological polar surface area (TPSA) is 56.7 Å². The van der Waals surface area contributed by atoms with Gasteiger partial charge in [-0.1, -0.05) is 18.5 Å². The Hall–Kier alpha value is -1.55. The van der Waals surface area contributed by atoms with Gasteiger partial charge in [0.05, 0.1) is 5.69 Å². The normalized spacial score (nSPS) is 22.2. The maximum atomic E-state index is 6.08. The van der Waals surface area contributed by atoms with E-state index in [2.05, 4.69) is 17.0 Å². The van der Waals surface area contributed by atoms with Gasteiger partial charge in [0, 0.05) is 24.4 Å². The lowest BCUT2D eigenvalue weighted by atomic mass is 9.76. The summed E-state index contributed by atoms with van der Waals surface area (Å²) in [5.41, 5.74) is 7.65. The number of halogens is 1. The first-order valence-electron chi connectivity index (χ1n) is 6.57. The molecule has 2 aromatic rings. The number of nitrogen functional groups attached to an aromatic ring is 1. The summed E-state index contributed by atoms with van der Waals surface area (Å²) in [7, 11) is 0. The predicted molar refractivity (Wildman–Crippen MR) is 76.8 cm³/mol. The number of hydrogen-bond acceptors (Lipinski definition) is 3. The van der Waals surface area contributed by atoms with Crippen LogP contribution in [0.15, 0.2) is 24.4 Å². The van der Waals surface area contributed by atoms with Gasteiger partial charge < -0.3 is 5.73 Å². The Morgan fingerprint density at radius 2 is 2.26 bits per heavy atom. The molecule has 2 heterocycles. The molecule has 3 rings (SSSR count). The van der Waals surface area contributed by atoms with E-state index in [1.165, 1.54) is 12.8 Å². The van der Waals surface area contributed by atoms with Gasteiger partial charge in [0.25, 0.3) is 0 Å². The van der Waals surface area contributed by atoms with Crippen LogP contribution in [0, 0.1) is 11.8 Å². The van der Waals surface area contributed by atoms with Gasteiger partial charge in [-0.2, -0.15) is 5.10 Å². The van der Waals surface area contributed by atoms with Gasteiger partial charge in [-0.15, -0.1) is 0 Å². The van der Waals surface area contributed by atoms with Crippen molar-refractivity contribution in [2.24, 2.45) is 11.8 Å². The van der Waals surface area contributed by atoms with Crippen molar-refractivity contribution in [1.82, 2.24) is 14.8 Å². The minimum atomic E-state index is 0.462.